The van der Waals surface area contributed by atoms with E-state index >= 15 is 0 Å². The topological polar surface area (TPSA) is 0 Å². The summed E-state index contributed by atoms with van der Waals surface area (Å²) >= 11 is 6.48. The Morgan fingerprint density at radius 3 is 2.44 bits per heavy atom. The zero-order chi connectivity index (χ0) is 11.5. The second-order valence-corrected chi connectivity index (χ2v) is 5.19. The van der Waals surface area contributed by atoms with Crippen LogP contribution in [-0.4, -0.2) is 0 Å². The molecule has 0 heterocycles. The predicted molar refractivity (Wildman–Crippen MR) is 72.0 cm³/mol. The molecule has 0 aliphatic rings. The van der Waals surface area contributed by atoms with Gasteiger partial charge in [-0.2, -0.15) is 0 Å². The zero-order valence-electron chi connectivity index (χ0n) is 9.78. The molecule has 1 unspecified atom stereocenters. The molecule has 0 spiro atoms. The molecule has 1 heteroatoms. The maximum atomic E-state index is 6.48. The third kappa shape index (κ3) is 2.38. The summed E-state index contributed by atoms with van der Waals surface area (Å²) in [7, 11) is 0. The molecule has 2 aromatic carbocycles. The number of hydrogen-bond acceptors (Lipinski definition) is 0. The molecule has 0 amide bonds. The van der Waals surface area contributed by atoms with Crippen LogP contribution in [0.3, 0.4) is 0 Å². The fraction of sp³-hybridized carbons (Fsp3) is 0.333. The highest BCUT2D eigenvalue weighted by Gasteiger charge is 2.12. The fourth-order valence-corrected chi connectivity index (χ4v) is 2.61. The molecular weight excluding hydrogens is 216 g/mol. The van der Waals surface area contributed by atoms with Gasteiger partial charge in [-0.15, -0.1) is 11.6 Å². The predicted octanol–water partition coefficient (Wildman–Crippen LogP) is 5.17. The molecule has 0 nitrogen and oxygen atoms in total. The highest BCUT2D eigenvalue weighted by molar-refractivity contribution is 6.21. The Labute approximate surface area is 102 Å². The van der Waals surface area contributed by atoms with E-state index in [1.54, 1.807) is 0 Å². The molecular formula is C15H17Cl. The number of fused-ring (bicyclic) bond motifs is 1. The minimum atomic E-state index is 0.117. The molecule has 0 saturated heterocycles. The van der Waals surface area contributed by atoms with Crippen LogP contribution in [-0.2, 0) is 0 Å². The van der Waals surface area contributed by atoms with Crippen molar-refractivity contribution in [2.45, 2.75) is 25.6 Å². The maximum absolute atomic E-state index is 6.48. The van der Waals surface area contributed by atoms with Gasteiger partial charge < -0.3 is 0 Å². The van der Waals surface area contributed by atoms with Crippen LogP contribution in [0.4, 0.5) is 0 Å². The summed E-state index contributed by atoms with van der Waals surface area (Å²) in [6.45, 7) is 4.42. The second kappa shape index (κ2) is 4.88. The van der Waals surface area contributed by atoms with Crippen LogP contribution in [0.2, 0.25) is 0 Å². The van der Waals surface area contributed by atoms with Crippen molar-refractivity contribution >= 4 is 22.4 Å². The van der Waals surface area contributed by atoms with E-state index in [9.17, 15) is 0 Å². The summed E-state index contributed by atoms with van der Waals surface area (Å²) in [6, 6.07) is 14.8. The molecule has 0 aliphatic heterocycles. The number of alkyl halides is 1. The summed E-state index contributed by atoms with van der Waals surface area (Å²) in [5.41, 5.74) is 1.26. The molecule has 16 heavy (non-hydrogen) atoms. The van der Waals surface area contributed by atoms with Gasteiger partial charge in [0.2, 0.25) is 0 Å². The number of hydrogen-bond donors (Lipinski definition) is 0. The number of benzene rings is 2. The largest absolute Gasteiger partial charge is 0.118 e. The summed E-state index contributed by atoms with van der Waals surface area (Å²) < 4.78 is 0. The first kappa shape index (κ1) is 11.5. The third-order valence-electron chi connectivity index (χ3n) is 2.84. The third-order valence-corrected chi connectivity index (χ3v) is 3.25. The van der Waals surface area contributed by atoms with Gasteiger partial charge >= 0.3 is 0 Å². The SMILES string of the molecule is CC(C)CC(Cl)c1cccc2ccccc12. The Hall–Kier alpha value is -1.01. The van der Waals surface area contributed by atoms with Crippen LogP contribution < -0.4 is 0 Å². The highest BCUT2D eigenvalue weighted by Crippen LogP contribution is 2.32. The van der Waals surface area contributed by atoms with Gasteiger partial charge in [0.05, 0.1) is 5.38 Å². The first-order valence-electron chi connectivity index (χ1n) is 5.80. The lowest BCUT2D eigenvalue weighted by Gasteiger charge is -2.14. The first-order chi connectivity index (χ1) is 7.68. The van der Waals surface area contributed by atoms with E-state index in [1.807, 2.05) is 0 Å². The molecule has 0 fully saturated rings. The van der Waals surface area contributed by atoms with Crippen LogP contribution in [0.1, 0.15) is 31.2 Å². The van der Waals surface area contributed by atoms with Crippen molar-refractivity contribution < 1.29 is 0 Å². The molecule has 0 radical (unpaired) electrons. The van der Waals surface area contributed by atoms with Gasteiger partial charge in [0, 0.05) is 0 Å². The molecule has 2 aromatic rings. The molecule has 2 rings (SSSR count). The smallest absolute Gasteiger partial charge is 0.0593 e. The van der Waals surface area contributed by atoms with E-state index in [2.05, 4.69) is 56.3 Å². The van der Waals surface area contributed by atoms with Gasteiger partial charge in [-0.25, -0.2) is 0 Å². The lowest BCUT2D eigenvalue weighted by atomic mass is 9.97. The standard InChI is InChI=1S/C15H17Cl/c1-11(2)10-15(16)14-9-5-7-12-6-3-4-8-13(12)14/h3-9,11,15H,10H2,1-2H3. The van der Waals surface area contributed by atoms with Crippen LogP contribution >= 0.6 is 11.6 Å². The van der Waals surface area contributed by atoms with Gasteiger partial charge in [-0.3, -0.25) is 0 Å². The molecule has 0 bridgehead atoms. The minimum absolute atomic E-state index is 0.117. The van der Waals surface area contributed by atoms with Gasteiger partial charge in [-0.1, -0.05) is 56.3 Å². The average Bonchev–Trinajstić information content (AvgIpc) is 2.27. The van der Waals surface area contributed by atoms with E-state index < -0.39 is 0 Å². The van der Waals surface area contributed by atoms with Crippen LogP contribution in [0.25, 0.3) is 10.8 Å². The Morgan fingerprint density at radius 2 is 1.69 bits per heavy atom. The van der Waals surface area contributed by atoms with E-state index in [1.165, 1.54) is 16.3 Å². The summed E-state index contributed by atoms with van der Waals surface area (Å²) in [5.74, 6) is 0.626. The maximum Gasteiger partial charge on any atom is 0.0593 e. The quantitative estimate of drug-likeness (QED) is 0.641. The summed E-state index contributed by atoms with van der Waals surface area (Å²) in [5, 5.41) is 2.67. The number of halogens is 1. The molecule has 0 aromatic heterocycles. The highest BCUT2D eigenvalue weighted by atomic mass is 35.5. The zero-order valence-corrected chi connectivity index (χ0v) is 10.5. The van der Waals surface area contributed by atoms with Crippen LogP contribution in [0.5, 0.6) is 0 Å². The second-order valence-electron chi connectivity index (χ2n) is 4.67. The molecule has 0 aliphatic carbocycles. The lowest BCUT2D eigenvalue weighted by molar-refractivity contribution is 0.576. The number of rotatable bonds is 3. The van der Waals surface area contributed by atoms with Crippen molar-refractivity contribution in [2.24, 2.45) is 5.92 Å². The average molecular weight is 233 g/mol. The van der Waals surface area contributed by atoms with Gasteiger partial charge in [-0.05, 0) is 28.7 Å². The van der Waals surface area contributed by atoms with Crippen LogP contribution in [0.15, 0.2) is 42.5 Å². The molecule has 1 atom stereocenters. The normalized spacial score (nSPS) is 13.2. The van der Waals surface area contributed by atoms with Crippen molar-refractivity contribution in [3.8, 4) is 0 Å². The molecule has 0 saturated carbocycles. The van der Waals surface area contributed by atoms with Gasteiger partial charge in [0.1, 0.15) is 0 Å². The Morgan fingerprint density at radius 1 is 1.00 bits per heavy atom. The van der Waals surface area contributed by atoms with E-state index in [0.717, 1.165) is 6.42 Å². The van der Waals surface area contributed by atoms with Crippen molar-refractivity contribution in [3.63, 3.8) is 0 Å². The van der Waals surface area contributed by atoms with Crippen molar-refractivity contribution in [3.05, 3.63) is 48.0 Å². The Kier molecular flexibility index (Phi) is 3.50. The first-order valence-corrected chi connectivity index (χ1v) is 6.24. The minimum Gasteiger partial charge on any atom is -0.118 e. The van der Waals surface area contributed by atoms with Crippen LogP contribution in [0, 0.1) is 5.92 Å². The van der Waals surface area contributed by atoms with Crippen molar-refractivity contribution in [1.82, 2.24) is 0 Å². The molecule has 84 valence electrons. The summed E-state index contributed by atoms with van der Waals surface area (Å²) in [6.07, 6.45) is 1.02. The van der Waals surface area contributed by atoms with E-state index in [4.69, 9.17) is 11.6 Å². The van der Waals surface area contributed by atoms with E-state index in [-0.39, 0.29) is 5.38 Å². The Bertz CT molecular complexity index is 468. The van der Waals surface area contributed by atoms with Crippen molar-refractivity contribution in [1.29, 1.82) is 0 Å². The summed E-state index contributed by atoms with van der Waals surface area (Å²) in [4.78, 5) is 0. The monoisotopic (exact) mass is 232 g/mol. The fourth-order valence-electron chi connectivity index (χ4n) is 2.06. The van der Waals surface area contributed by atoms with Gasteiger partial charge in [0.25, 0.3) is 0 Å². The molecule has 0 N–H and O–H groups in total. The van der Waals surface area contributed by atoms with Gasteiger partial charge in [0.15, 0.2) is 0 Å². The van der Waals surface area contributed by atoms with Crippen molar-refractivity contribution in [2.75, 3.05) is 0 Å². The lowest BCUT2D eigenvalue weighted by Crippen LogP contribution is -1.97. The Balaban J connectivity index is 2.44. The van der Waals surface area contributed by atoms with E-state index in [0.29, 0.717) is 5.92 Å².